The van der Waals surface area contributed by atoms with E-state index in [0.717, 1.165) is 33.1 Å². The zero-order chi connectivity index (χ0) is 19.1. The number of fused-ring (bicyclic) bond motifs is 3. The lowest BCUT2D eigenvalue weighted by Gasteiger charge is -2.22. The molecule has 2 heterocycles. The number of dihydropyridines is 1. The quantitative estimate of drug-likeness (QED) is 0.434. The molecule has 0 fully saturated rings. The Hall–Kier alpha value is -3.52. The number of aryl methyl sites for hydroxylation is 1. The van der Waals surface area contributed by atoms with Gasteiger partial charge in [0.25, 0.3) is 0 Å². The Bertz CT molecular complexity index is 1260. The largest absolute Gasteiger partial charge is 0.456 e. The number of hydrogen-bond acceptors (Lipinski definition) is 2. The summed E-state index contributed by atoms with van der Waals surface area (Å²) in [5, 5.41) is 5.77. The molecule has 0 saturated heterocycles. The monoisotopic (exact) mass is 363 g/mol. The second kappa shape index (κ2) is 6.58. The standard InChI is InChI=1S/C26H21NO/c1-3-18-12-13-22-21-6-4-5-7-24(21)28-26(22)25(18)23-16-20(14-15-27-23)19-10-8-17(2)9-11-19/h3-16,23,27H,1H2,2H3. The van der Waals surface area contributed by atoms with Crippen molar-refractivity contribution in [1.29, 1.82) is 0 Å². The maximum absolute atomic E-state index is 6.29. The van der Waals surface area contributed by atoms with Crippen LogP contribution in [0.3, 0.4) is 0 Å². The first-order valence-electron chi connectivity index (χ1n) is 9.52. The van der Waals surface area contributed by atoms with Crippen molar-refractivity contribution in [2.24, 2.45) is 0 Å². The fraction of sp³-hybridized carbons (Fsp3) is 0.0769. The van der Waals surface area contributed by atoms with Gasteiger partial charge < -0.3 is 9.73 Å². The van der Waals surface area contributed by atoms with Crippen LogP contribution in [0.15, 0.2) is 90.0 Å². The molecule has 0 aliphatic carbocycles. The molecule has 2 heteroatoms. The molecule has 0 spiro atoms. The average Bonchev–Trinajstić information content (AvgIpc) is 3.12. The second-order valence-corrected chi connectivity index (χ2v) is 7.21. The summed E-state index contributed by atoms with van der Waals surface area (Å²) in [5.41, 5.74) is 7.72. The molecule has 1 N–H and O–H groups in total. The Morgan fingerprint density at radius 3 is 2.61 bits per heavy atom. The number of hydrogen-bond donors (Lipinski definition) is 1. The fourth-order valence-electron chi connectivity index (χ4n) is 3.95. The lowest BCUT2D eigenvalue weighted by atomic mass is 9.92. The highest BCUT2D eigenvalue weighted by molar-refractivity contribution is 6.06. The summed E-state index contributed by atoms with van der Waals surface area (Å²) in [7, 11) is 0. The van der Waals surface area contributed by atoms with Crippen LogP contribution in [0.1, 0.15) is 28.3 Å². The normalized spacial score (nSPS) is 16.2. The van der Waals surface area contributed by atoms with E-state index >= 15 is 0 Å². The molecule has 28 heavy (non-hydrogen) atoms. The molecule has 1 aromatic heterocycles. The van der Waals surface area contributed by atoms with Crippen molar-refractivity contribution in [3.05, 3.63) is 108 Å². The van der Waals surface area contributed by atoms with Crippen LogP contribution in [-0.4, -0.2) is 0 Å². The van der Waals surface area contributed by atoms with Crippen LogP contribution < -0.4 is 5.32 Å². The van der Waals surface area contributed by atoms with E-state index in [0.29, 0.717) is 0 Å². The van der Waals surface area contributed by atoms with Gasteiger partial charge in [-0.2, -0.15) is 0 Å². The van der Waals surface area contributed by atoms with Crippen molar-refractivity contribution in [3.8, 4) is 0 Å². The maximum Gasteiger partial charge on any atom is 0.141 e. The average molecular weight is 363 g/mol. The highest BCUT2D eigenvalue weighted by Gasteiger charge is 2.21. The Kier molecular flexibility index (Phi) is 3.91. The molecule has 4 aromatic rings. The summed E-state index contributed by atoms with van der Waals surface area (Å²) in [6.07, 6.45) is 8.31. The first kappa shape index (κ1) is 16.6. The third-order valence-corrected chi connectivity index (χ3v) is 5.42. The molecule has 1 atom stereocenters. The van der Waals surface area contributed by atoms with Gasteiger partial charge in [0, 0.05) is 16.3 Å². The van der Waals surface area contributed by atoms with Crippen LogP contribution in [-0.2, 0) is 0 Å². The molecule has 1 aliphatic rings. The van der Waals surface area contributed by atoms with Gasteiger partial charge in [-0.3, -0.25) is 0 Å². The van der Waals surface area contributed by atoms with Gasteiger partial charge in [-0.05, 0) is 54.1 Å². The minimum absolute atomic E-state index is 0.0126. The first-order chi connectivity index (χ1) is 13.7. The van der Waals surface area contributed by atoms with Crippen LogP contribution in [0.25, 0.3) is 33.6 Å². The van der Waals surface area contributed by atoms with Gasteiger partial charge in [-0.1, -0.05) is 66.7 Å². The fourth-order valence-corrected chi connectivity index (χ4v) is 3.95. The van der Waals surface area contributed by atoms with Gasteiger partial charge in [0.15, 0.2) is 0 Å². The van der Waals surface area contributed by atoms with Crippen LogP contribution in [0.5, 0.6) is 0 Å². The van der Waals surface area contributed by atoms with Crippen LogP contribution in [0.2, 0.25) is 0 Å². The predicted molar refractivity (Wildman–Crippen MR) is 118 cm³/mol. The number of para-hydroxylation sites is 1. The molecular weight excluding hydrogens is 342 g/mol. The minimum Gasteiger partial charge on any atom is -0.456 e. The molecule has 0 radical (unpaired) electrons. The number of rotatable bonds is 3. The van der Waals surface area contributed by atoms with E-state index < -0.39 is 0 Å². The SMILES string of the molecule is C=Cc1ccc2c(oc3ccccc32)c1C1C=C(c2ccc(C)cc2)C=CN1. The summed E-state index contributed by atoms with van der Waals surface area (Å²) >= 11 is 0. The molecule has 1 aliphatic heterocycles. The van der Waals surface area contributed by atoms with E-state index in [4.69, 9.17) is 4.42 Å². The lowest BCUT2D eigenvalue weighted by molar-refractivity contribution is 0.648. The summed E-state index contributed by atoms with van der Waals surface area (Å²) < 4.78 is 6.29. The van der Waals surface area contributed by atoms with E-state index in [2.05, 4.69) is 79.5 Å². The van der Waals surface area contributed by atoms with E-state index in [9.17, 15) is 0 Å². The number of allylic oxidation sites excluding steroid dienone is 2. The Morgan fingerprint density at radius 2 is 1.79 bits per heavy atom. The number of benzene rings is 3. The van der Waals surface area contributed by atoms with Crippen molar-refractivity contribution in [3.63, 3.8) is 0 Å². The molecule has 0 saturated carbocycles. The second-order valence-electron chi connectivity index (χ2n) is 7.21. The number of nitrogens with one attached hydrogen (secondary N) is 1. The van der Waals surface area contributed by atoms with E-state index in [1.165, 1.54) is 16.7 Å². The van der Waals surface area contributed by atoms with Crippen molar-refractivity contribution < 1.29 is 4.42 Å². The lowest BCUT2D eigenvalue weighted by Crippen LogP contribution is -2.17. The smallest absolute Gasteiger partial charge is 0.141 e. The van der Waals surface area contributed by atoms with Crippen molar-refractivity contribution in [2.45, 2.75) is 13.0 Å². The van der Waals surface area contributed by atoms with Crippen molar-refractivity contribution >= 4 is 33.6 Å². The van der Waals surface area contributed by atoms with Crippen molar-refractivity contribution in [2.75, 3.05) is 0 Å². The molecule has 1 unspecified atom stereocenters. The molecule has 5 rings (SSSR count). The topological polar surface area (TPSA) is 25.2 Å². The first-order valence-corrected chi connectivity index (χ1v) is 9.52. The molecule has 0 bridgehead atoms. The molecule has 136 valence electrons. The van der Waals surface area contributed by atoms with E-state index in [1.807, 2.05) is 24.4 Å². The highest BCUT2D eigenvalue weighted by atomic mass is 16.3. The summed E-state index contributed by atoms with van der Waals surface area (Å²) in [4.78, 5) is 0. The Morgan fingerprint density at radius 1 is 0.964 bits per heavy atom. The predicted octanol–water partition coefficient (Wildman–Crippen LogP) is 6.78. The zero-order valence-electron chi connectivity index (χ0n) is 15.8. The van der Waals surface area contributed by atoms with Gasteiger partial charge in [-0.15, -0.1) is 0 Å². The van der Waals surface area contributed by atoms with Crippen LogP contribution in [0.4, 0.5) is 0 Å². The molecule has 0 amide bonds. The van der Waals surface area contributed by atoms with Crippen LogP contribution in [0, 0.1) is 6.92 Å². The highest BCUT2D eigenvalue weighted by Crippen LogP contribution is 2.38. The minimum atomic E-state index is 0.0126. The molecule has 2 nitrogen and oxygen atoms in total. The van der Waals surface area contributed by atoms with Gasteiger partial charge in [0.1, 0.15) is 11.2 Å². The van der Waals surface area contributed by atoms with Crippen LogP contribution >= 0.6 is 0 Å². The van der Waals surface area contributed by atoms with Crippen molar-refractivity contribution in [1.82, 2.24) is 5.32 Å². The van der Waals surface area contributed by atoms with E-state index in [1.54, 1.807) is 0 Å². The van der Waals surface area contributed by atoms with Gasteiger partial charge in [0.05, 0.1) is 6.04 Å². The van der Waals surface area contributed by atoms with Gasteiger partial charge >= 0.3 is 0 Å². The zero-order valence-corrected chi connectivity index (χ0v) is 15.8. The summed E-state index contributed by atoms with van der Waals surface area (Å²) in [6.45, 7) is 6.13. The van der Waals surface area contributed by atoms with Gasteiger partial charge in [-0.25, -0.2) is 0 Å². The third kappa shape index (κ3) is 2.66. The maximum atomic E-state index is 6.29. The third-order valence-electron chi connectivity index (χ3n) is 5.42. The summed E-state index contributed by atoms with van der Waals surface area (Å²) in [5.74, 6) is 0. The van der Waals surface area contributed by atoms with Gasteiger partial charge in [0.2, 0.25) is 0 Å². The Labute approximate surface area is 164 Å². The number of furan rings is 1. The summed E-state index contributed by atoms with van der Waals surface area (Å²) in [6, 6.07) is 21.1. The Balaban J connectivity index is 1.70. The van der Waals surface area contributed by atoms with E-state index in [-0.39, 0.29) is 6.04 Å². The molecular formula is C26H21NO. The molecule has 3 aromatic carbocycles.